The Kier molecular flexibility index (Phi) is 6.34. The van der Waals surface area contributed by atoms with E-state index < -0.39 is 11.6 Å². The lowest BCUT2D eigenvalue weighted by Gasteiger charge is -2.28. The average Bonchev–Trinajstić information content (AvgIpc) is 2.50. The maximum absolute atomic E-state index is 13.1. The van der Waals surface area contributed by atoms with Crippen LogP contribution in [0, 0.1) is 23.5 Å². The fourth-order valence-electron chi connectivity index (χ4n) is 3.27. The standard InChI is InChI=1S/C18H23F3/c19-12-2-1-3-14-4-6-15(7-5-14)8-9-16-10-11-17(20)18(21)13-16/h2,10-15H,1,3-9H2/b12-2+/t14-,15-. The zero-order valence-electron chi connectivity index (χ0n) is 12.3. The smallest absolute Gasteiger partial charge is 0.159 e. The first-order chi connectivity index (χ1) is 10.2. The fourth-order valence-corrected chi connectivity index (χ4v) is 3.27. The van der Waals surface area contributed by atoms with Crippen molar-refractivity contribution in [2.75, 3.05) is 0 Å². The zero-order chi connectivity index (χ0) is 15.1. The second kappa shape index (κ2) is 8.26. The first-order valence-electron chi connectivity index (χ1n) is 7.88. The minimum absolute atomic E-state index is 0.632. The molecule has 0 unspecified atom stereocenters. The predicted molar refractivity (Wildman–Crippen MR) is 79.6 cm³/mol. The van der Waals surface area contributed by atoms with E-state index in [4.69, 9.17) is 0 Å². The summed E-state index contributed by atoms with van der Waals surface area (Å²) in [7, 11) is 0. The molecule has 1 saturated carbocycles. The van der Waals surface area contributed by atoms with E-state index in [0.717, 1.165) is 37.2 Å². The van der Waals surface area contributed by atoms with E-state index in [2.05, 4.69) is 0 Å². The van der Waals surface area contributed by atoms with Gasteiger partial charge in [-0.1, -0.05) is 37.8 Å². The number of hydrogen-bond acceptors (Lipinski definition) is 0. The van der Waals surface area contributed by atoms with Crippen LogP contribution < -0.4 is 0 Å². The van der Waals surface area contributed by atoms with Crippen molar-refractivity contribution in [2.45, 2.75) is 51.4 Å². The largest absolute Gasteiger partial charge is 0.216 e. The van der Waals surface area contributed by atoms with Crippen molar-refractivity contribution in [1.82, 2.24) is 0 Å². The summed E-state index contributed by atoms with van der Waals surface area (Å²) >= 11 is 0. The molecule has 0 aromatic heterocycles. The van der Waals surface area contributed by atoms with Crippen molar-refractivity contribution in [3.63, 3.8) is 0 Å². The first kappa shape index (κ1) is 16.1. The molecule has 1 aliphatic rings. The van der Waals surface area contributed by atoms with Crippen LogP contribution in [0.2, 0.25) is 0 Å². The molecule has 21 heavy (non-hydrogen) atoms. The Balaban J connectivity index is 1.70. The van der Waals surface area contributed by atoms with Gasteiger partial charge in [-0.2, -0.15) is 0 Å². The van der Waals surface area contributed by atoms with Gasteiger partial charge in [0.15, 0.2) is 11.6 Å². The molecule has 0 N–H and O–H groups in total. The van der Waals surface area contributed by atoms with Crippen LogP contribution in [0.4, 0.5) is 13.2 Å². The highest BCUT2D eigenvalue weighted by atomic mass is 19.2. The molecule has 0 spiro atoms. The van der Waals surface area contributed by atoms with Gasteiger partial charge in [-0.3, -0.25) is 0 Å². The van der Waals surface area contributed by atoms with Gasteiger partial charge >= 0.3 is 0 Å². The highest BCUT2D eigenvalue weighted by Crippen LogP contribution is 2.34. The third-order valence-corrected chi connectivity index (χ3v) is 4.62. The van der Waals surface area contributed by atoms with Crippen molar-refractivity contribution in [3.05, 3.63) is 47.8 Å². The molecule has 1 aromatic carbocycles. The highest BCUT2D eigenvalue weighted by Gasteiger charge is 2.20. The number of allylic oxidation sites excluding steroid dienone is 1. The Bertz CT molecular complexity index is 460. The second-order valence-electron chi connectivity index (χ2n) is 6.11. The van der Waals surface area contributed by atoms with Crippen molar-refractivity contribution in [2.24, 2.45) is 11.8 Å². The summed E-state index contributed by atoms with van der Waals surface area (Å²) in [6.07, 6.45) is 10.8. The van der Waals surface area contributed by atoms with E-state index >= 15 is 0 Å². The molecule has 0 amide bonds. The Morgan fingerprint density at radius 2 is 1.62 bits per heavy atom. The van der Waals surface area contributed by atoms with Gasteiger partial charge in [0.05, 0.1) is 6.33 Å². The lowest BCUT2D eigenvalue weighted by molar-refractivity contribution is 0.254. The van der Waals surface area contributed by atoms with Crippen LogP contribution in [-0.2, 0) is 6.42 Å². The molecule has 0 bridgehead atoms. The average molecular weight is 296 g/mol. The molecule has 1 aromatic rings. The van der Waals surface area contributed by atoms with Crippen molar-refractivity contribution in [3.8, 4) is 0 Å². The summed E-state index contributed by atoms with van der Waals surface area (Å²) in [6, 6.07) is 4.19. The van der Waals surface area contributed by atoms with Crippen molar-refractivity contribution < 1.29 is 13.2 Å². The van der Waals surface area contributed by atoms with Crippen LogP contribution in [0.15, 0.2) is 30.6 Å². The monoisotopic (exact) mass is 296 g/mol. The van der Waals surface area contributed by atoms with E-state index in [1.807, 2.05) is 0 Å². The molecule has 1 aliphatic carbocycles. The maximum Gasteiger partial charge on any atom is 0.159 e. The van der Waals surface area contributed by atoms with Gasteiger partial charge in [0.2, 0.25) is 0 Å². The minimum Gasteiger partial charge on any atom is -0.216 e. The molecule has 3 heteroatoms. The summed E-state index contributed by atoms with van der Waals surface area (Å²) in [6.45, 7) is 0. The number of halogens is 3. The Hall–Kier alpha value is -1.25. The summed E-state index contributed by atoms with van der Waals surface area (Å²) in [5, 5.41) is 0. The highest BCUT2D eigenvalue weighted by molar-refractivity contribution is 5.17. The lowest BCUT2D eigenvalue weighted by atomic mass is 9.78. The Morgan fingerprint density at radius 1 is 0.952 bits per heavy atom. The molecule has 0 atom stereocenters. The first-order valence-corrected chi connectivity index (χ1v) is 7.88. The number of hydrogen-bond donors (Lipinski definition) is 0. The molecule has 0 saturated heterocycles. The second-order valence-corrected chi connectivity index (χ2v) is 6.11. The third-order valence-electron chi connectivity index (χ3n) is 4.62. The maximum atomic E-state index is 13.1. The van der Waals surface area contributed by atoms with Gasteiger partial charge in [-0.15, -0.1) is 0 Å². The quantitative estimate of drug-likeness (QED) is 0.607. The number of aryl methyl sites for hydroxylation is 1. The van der Waals surface area contributed by atoms with E-state index in [9.17, 15) is 13.2 Å². The van der Waals surface area contributed by atoms with Crippen LogP contribution in [0.25, 0.3) is 0 Å². The summed E-state index contributed by atoms with van der Waals surface area (Å²) in [5.41, 5.74) is 0.879. The molecule has 0 aliphatic heterocycles. The van der Waals surface area contributed by atoms with Gasteiger partial charge < -0.3 is 0 Å². The lowest BCUT2D eigenvalue weighted by Crippen LogP contribution is -2.15. The topological polar surface area (TPSA) is 0 Å². The Labute approximate surface area is 125 Å². The molecular formula is C18H23F3. The van der Waals surface area contributed by atoms with Crippen LogP contribution in [0.3, 0.4) is 0 Å². The van der Waals surface area contributed by atoms with Crippen LogP contribution >= 0.6 is 0 Å². The van der Waals surface area contributed by atoms with E-state index in [0.29, 0.717) is 12.2 Å². The number of benzene rings is 1. The van der Waals surface area contributed by atoms with Crippen molar-refractivity contribution >= 4 is 0 Å². The van der Waals surface area contributed by atoms with E-state index in [1.54, 1.807) is 12.1 Å². The summed E-state index contributed by atoms with van der Waals surface area (Å²) in [4.78, 5) is 0. The SMILES string of the molecule is F/C=C/CC[C@H]1CC[C@H](CCc2ccc(F)c(F)c2)CC1. The predicted octanol–water partition coefficient (Wildman–Crippen LogP) is 5.97. The fraction of sp³-hybridized carbons (Fsp3) is 0.556. The molecular weight excluding hydrogens is 273 g/mol. The van der Waals surface area contributed by atoms with Crippen LogP contribution in [0.5, 0.6) is 0 Å². The molecule has 0 nitrogen and oxygen atoms in total. The third kappa shape index (κ3) is 5.22. The summed E-state index contributed by atoms with van der Waals surface area (Å²) < 4.78 is 37.9. The molecule has 2 rings (SSSR count). The van der Waals surface area contributed by atoms with Gasteiger partial charge in [0.1, 0.15) is 0 Å². The molecule has 1 fully saturated rings. The van der Waals surface area contributed by atoms with E-state index in [1.165, 1.54) is 37.8 Å². The summed E-state index contributed by atoms with van der Waals surface area (Å²) in [5.74, 6) is -0.120. The zero-order valence-corrected chi connectivity index (χ0v) is 12.3. The minimum atomic E-state index is -0.776. The van der Waals surface area contributed by atoms with E-state index in [-0.39, 0.29) is 0 Å². The van der Waals surface area contributed by atoms with Gasteiger partial charge in [0.25, 0.3) is 0 Å². The van der Waals surface area contributed by atoms with Crippen LogP contribution in [-0.4, -0.2) is 0 Å². The Morgan fingerprint density at radius 3 is 2.24 bits per heavy atom. The van der Waals surface area contributed by atoms with Crippen molar-refractivity contribution in [1.29, 1.82) is 0 Å². The number of rotatable bonds is 6. The van der Waals surface area contributed by atoms with Gasteiger partial charge in [0, 0.05) is 0 Å². The van der Waals surface area contributed by atoms with Gasteiger partial charge in [-0.25, -0.2) is 13.2 Å². The van der Waals surface area contributed by atoms with Crippen LogP contribution in [0.1, 0.15) is 50.5 Å². The normalized spacial score (nSPS) is 22.8. The van der Waals surface area contributed by atoms with Gasteiger partial charge in [-0.05, 0) is 55.2 Å². The molecule has 0 radical (unpaired) electrons. The molecule has 116 valence electrons. The molecule has 0 heterocycles.